The van der Waals surface area contributed by atoms with E-state index in [0.717, 1.165) is 50.6 Å². The minimum absolute atomic E-state index is 0.483. The summed E-state index contributed by atoms with van der Waals surface area (Å²) in [5.74, 6) is 1.48. The Kier molecular flexibility index (Phi) is 4.84. The molecule has 3 rings (SSSR count). The highest BCUT2D eigenvalue weighted by Crippen LogP contribution is 2.17. The Morgan fingerprint density at radius 1 is 1.27 bits per heavy atom. The van der Waals surface area contributed by atoms with E-state index in [4.69, 9.17) is 4.74 Å². The second-order valence-corrected chi connectivity index (χ2v) is 6.14. The van der Waals surface area contributed by atoms with Crippen LogP contribution < -0.4 is 5.32 Å². The molecule has 3 heterocycles. The molecule has 0 spiro atoms. The molecule has 2 aromatic rings. The van der Waals surface area contributed by atoms with E-state index in [1.54, 1.807) is 12.7 Å². The van der Waals surface area contributed by atoms with Crippen LogP contribution >= 0.6 is 0 Å². The van der Waals surface area contributed by atoms with E-state index in [1.807, 2.05) is 0 Å². The zero-order chi connectivity index (χ0) is 15.4. The lowest BCUT2D eigenvalue weighted by Crippen LogP contribution is -2.47. The number of nitrogens with zero attached hydrogens (tertiary/aromatic N) is 4. The van der Waals surface area contributed by atoms with Crippen LogP contribution in [0, 0.1) is 5.92 Å². The van der Waals surface area contributed by atoms with Crippen molar-refractivity contribution < 1.29 is 4.74 Å². The fourth-order valence-electron chi connectivity index (χ4n) is 2.96. The minimum Gasteiger partial charge on any atom is -0.379 e. The summed E-state index contributed by atoms with van der Waals surface area (Å²) in [5, 5.41) is 3.47. The van der Waals surface area contributed by atoms with E-state index in [0.29, 0.717) is 17.6 Å². The second kappa shape index (κ2) is 7.02. The van der Waals surface area contributed by atoms with Gasteiger partial charge in [-0.25, -0.2) is 15.0 Å². The van der Waals surface area contributed by atoms with Crippen molar-refractivity contribution in [2.45, 2.75) is 26.3 Å². The van der Waals surface area contributed by atoms with Crippen molar-refractivity contribution in [2.24, 2.45) is 5.92 Å². The van der Waals surface area contributed by atoms with Gasteiger partial charge in [0.15, 0.2) is 11.5 Å². The first-order valence-electron chi connectivity index (χ1n) is 7.94. The molecular formula is C15H24N6O. The molecule has 2 N–H and O–H groups in total. The summed E-state index contributed by atoms with van der Waals surface area (Å²) in [4.78, 5) is 18.3. The summed E-state index contributed by atoms with van der Waals surface area (Å²) in [7, 11) is 0. The normalized spacial score (nSPS) is 18.0. The number of rotatable bonds is 6. The Hall–Kier alpha value is -1.73. The summed E-state index contributed by atoms with van der Waals surface area (Å²) in [6.07, 6.45) is 4.36. The van der Waals surface area contributed by atoms with E-state index in [-0.39, 0.29) is 0 Å². The molecule has 0 unspecified atom stereocenters. The molecule has 1 aliphatic heterocycles. The van der Waals surface area contributed by atoms with Gasteiger partial charge in [-0.15, -0.1) is 0 Å². The smallest absolute Gasteiger partial charge is 0.182 e. The molecule has 22 heavy (non-hydrogen) atoms. The second-order valence-electron chi connectivity index (χ2n) is 6.14. The number of nitrogens with one attached hydrogen (secondary N) is 2. The number of hydrogen-bond donors (Lipinski definition) is 2. The molecule has 1 aliphatic rings. The molecular weight excluding hydrogens is 280 g/mol. The molecule has 0 bridgehead atoms. The van der Waals surface area contributed by atoms with Crippen LogP contribution in [-0.2, 0) is 4.74 Å². The Bertz CT molecular complexity index is 592. The first-order chi connectivity index (χ1) is 10.7. The summed E-state index contributed by atoms with van der Waals surface area (Å²) in [6, 6.07) is 0.483. The molecule has 1 atom stereocenters. The number of morpholine rings is 1. The lowest BCUT2D eigenvalue weighted by molar-refractivity contribution is 0.0150. The third-order valence-electron chi connectivity index (χ3n) is 4.03. The molecule has 0 aliphatic carbocycles. The maximum atomic E-state index is 5.47. The number of aromatic nitrogens is 4. The number of hydrogen-bond acceptors (Lipinski definition) is 6. The molecule has 7 nitrogen and oxygen atoms in total. The van der Waals surface area contributed by atoms with Crippen LogP contribution in [0.2, 0.25) is 0 Å². The van der Waals surface area contributed by atoms with Gasteiger partial charge < -0.3 is 15.0 Å². The lowest BCUT2D eigenvalue weighted by atomic mass is 10.0. The van der Waals surface area contributed by atoms with Gasteiger partial charge in [-0.05, 0) is 12.3 Å². The predicted molar refractivity (Wildman–Crippen MR) is 85.8 cm³/mol. The molecule has 0 aromatic carbocycles. The van der Waals surface area contributed by atoms with Gasteiger partial charge in [-0.2, -0.15) is 0 Å². The standard InChI is InChI=1S/C15H24N6O/c1-11(2)7-12(21-3-5-22-6-4-21)8-16-14-13-15(18-9-17-13)20-10-19-14/h9-12H,3-8H2,1-2H3,(H2,16,17,18,19,20)/t12-/m1/s1. The average Bonchev–Trinajstić information content (AvgIpc) is 3.01. The van der Waals surface area contributed by atoms with Crippen molar-refractivity contribution >= 4 is 17.0 Å². The summed E-state index contributed by atoms with van der Waals surface area (Å²) >= 11 is 0. The van der Waals surface area contributed by atoms with Gasteiger partial charge in [0.25, 0.3) is 0 Å². The van der Waals surface area contributed by atoms with E-state index in [2.05, 4.69) is 44.0 Å². The molecule has 0 radical (unpaired) electrons. The fraction of sp³-hybridized carbons (Fsp3) is 0.667. The minimum atomic E-state index is 0.483. The van der Waals surface area contributed by atoms with Crippen LogP contribution in [0.15, 0.2) is 12.7 Å². The zero-order valence-corrected chi connectivity index (χ0v) is 13.2. The number of imidazole rings is 1. The van der Waals surface area contributed by atoms with Gasteiger partial charge in [0.1, 0.15) is 11.8 Å². The van der Waals surface area contributed by atoms with Crippen LogP contribution in [0.25, 0.3) is 11.2 Å². The highest BCUT2D eigenvalue weighted by Gasteiger charge is 2.22. The third kappa shape index (κ3) is 3.53. The summed E-state index contributed by atoms with van der Waals surface area (Å²) in [6.45, 7) is 9.06. The van der Waals surface area contributed by atoms with Crippen molar-refractivity contribution in [3.8, 4) is 0 Å². The first-order valence-corrected chi connectivity index (χ1v) is 7.94. The number of aromatic amines is 1. The Balaban J connectivity index is 1.68. The largest absolute Gasteiger partial charge is 0.379 e. The molecule has 2 aromatic heterocycles. The molecule has 0 saturated carbocycles. The maximum Gasteiger partial charge on any atom is 0.182 e. The first kappa shape index (κ1) is 15.2. The molecule has 120 valence electrons. The van der Waals surface area contributed by atoms with Crippen molar-refractivity contribution in [2.75, 3.05) is 38.2 Å². The third-order valence-corrected chi connectivity index (χ3v) is 4.03. The summed E-state index contributed by atoms with van der Waals surface area (Å²) < 4.78 is 5.47. The van der Waals surface area contributed by atoms with Gasteiger partial charge >= 0.3 is 0 Å². The van der Waals surface area contributed by atoms with Gasteiger partial charge in [-0.1, -0.05) is 13.8 Å². The van der Waals surface area contributed by atoms with Crippen molar-refractivity contribution in [1.29, 1.82) is 0 Å². The van der Waals surface area contributed by atoms with Gasteiger partial charge in [-0.3, -0.25) is 4.90 Å². The van der Waals surface area contributed by atoms with Crippen LogP contribution in [0.4, 0.5) is 5.82 Å². The molecule has 1 saturated heterocycles. The fourth-order valence-corrected chi connectivity index (χ4v) is 2.96. The quantitative estimate of drug-likeness (QED) is 0.842. The Morgan fingerprint density at radius 3 is 2.86 bits per heavy atom. The average molecular weight is 304 g/mol. The topological polar surface area (TPSA) is 79.0 Å². The van der Waals surface area contributed by atoms with Crippen molar-refractivity contribution in [1.82, 2.24) is 24.8 Å². The Morgan fingerprint density at radius 2 is 2.09 bits per heavy atom. The number of H-pyrrole nitrogens is 1. The van der Waals surface area contributed by atoms with Gasteiger partial charge in [0, 0.05) is 25.7 Å². The van der Waals surface area contributed by atoms with Crippen LogP contribution in [0.1, 0.15) is 20.3 Å². The monoisotopic (exact) mass is 304 g/mol. The maximum absolute atomic E-state index is 5.47. The molecule has 1 fully saturated rings. The summed E-state index contributed by atoms with van der Waals surface area (Å²) in [5.41, 5.74) is 1.57. The van der Waals surface area contributed by atoms with E-state index in [9.17, 15) is 0 Å². The van der Waals surface area contributed by atoms with Gasteiger partial charge in [0.05, 0.1) is 19.5 Å². The highest BCUT2D eigenvalue weighted by molar-refractivity contribution is 5.81. The number of ether oxygens (including phenoxy) is 1. The van der Waals surface area contributed by atoms with Crippen LogP contribution in [0.3, 0.4) is 0 Å². The van der Waals surface area contributed by atoms with E-state index < -0.39 is 0 Å². The van der Waals surface area contributed by atoms with Gasteiger partial charge in [0.2, 0.25) is 0 Å². The van der Waals surface area contributed by atoms with Crippen LogP contribution in [0.5, 0.6) is 0 Å². The van der Waals surface area contributed by atoms with Crippen molar-refractivity contribution in [3.63, 3.8) is 0 Å². The zero-order valence-electron chi connectivity index (χ0n) is 13.2. The molecule has 0 amide bonds. The lowest BCUT2D eigenvalue weighted by Gasteiger charge is -2.35. The number of anilines is 1. The van der Waals surface area contributed by atoms with E-state index >= 15 is 0 Å². The van der Waals surface area contributed by atoms with Crippen molar-refractivity contribution in [3.05, 3.63) is 12.7 Å². The molecule has 7 heteroatoms. The number of fused-ring (bicyclic) bond motifs is 1. The van der Waals surface area contributed by atoms with E-state index in [1.165, 1.54) is 0 Å². The SMILES string of the molecule is CC(C)C[C@H](CNc1ncnc2nc[nH]c12)N1CCOCC1. The van der Waals surface area contributed by atoms with Crippen LogP contribution in [-0.4, -0.2) is 63.7 Å². The Labute approximate surface area is 130 Å². The highest BCUT2D eigenvalue weighted by atomic mass is 16.5. The predicted octanol–water partition coefficient (Wildman–Crippen LogP) is 1.51.